The molecule has 1 aromatic heterocycles. The highest BCUT2D eigenvalue weighted by molar-refractivity contribution is 6.26. The minimum Gasteiger partial charge on any atom is -0.493 e. The van der Waals surface area contributed by atoms with Gasteiger partial charge >= 0.3 is 5.97 Å². The van der Waals surface area contributed by atoms with Crippen molar-refractivity contribution >= 4 is 38.9 Å². The van der Waals surface area contributed by atoms with Gasteiger partial charge in [-0.05, 0) is 43.2 Å². The highest BCUT2D eigenvalue weighted by atomic mass is 16.5. The first kappa shape index (κ1) is 26.9. The first-order valence-electron chi connectivity index (χ1n) is 13.0. The van der Waals surface area contributed by atoms with Gasteiger partial charge in [-0.3, -0.25) is 0 Å². The first-order chi connectivity index (χ1) is 18.5. The summed E-state index contributed by atoms with van der Waals surface area (Å²) in [5.41, 5.74) is 4.36. The smallest absolute Gasteiger partial charge is 0.355 e. The van der Waals surface area contributed by atoms with Crippen LogP contribution in [0.25, 0.3) is 27.2 Å². The van der Waals surface area contributed by atoms with E-state index in [-0.39, 0.29) is 18.9 Å². The van der Waals surface area contributed by atoms with Gasteiger partial charge in [0.25, 0.3) is 0 Å². The molecule has 38 heavy (non-hydrogen) atoms. The van der Waals surface area contributed by atoms with Gasteiger partial charge in [-0.25, -0.2) is 4.79 Å². The molecule has 7 nitrogen and oxygen atoms in total. The van der Waals surface area contributed by atoms with Crippen LogP contribution in [0.2, 0.25) is 0 Å². The van der Waals surface area contributed by atoms with E-state index in [1.54, 1.807) is 6.92 Å². The Kier molecular flexibility index (Phi) is 8.81. The zero-order valence-corrected chi connectivity index (χ0v) is 22.2. The molecule has 0 saturated heterocycles. The number of fused-ring (bicyclic) bond motifs is 2. The lowest BCUT2D eigenvalue weighted by atomic mass is 9.94. The maximum atomic E-state index is 13.0. The number of carbonyl (C=O) groups excluding carboxylic acids is 1. The van der Waals surface area contributed by atoms with Crippen LogP contribution in [0.4, 0.5) is 0 Å². The molecule has 0 spiro atoms. The Bertz CT molecular complexity index is 1470. The number of rotatable bonds is 12. The van der Waals surface area contributed by atoms with E-state index in [4.69, 9.17) is 14.9 Å². The summed E-state index contributed by atoms with van der Waals surface area (Å²) in [5, 5.41) is 24.5. The average molecular weight is 514 g/mol. The molecule has 0 aliphatic rings. The number of aliphatic hydroxyl groups excluding tert-OH is 1. The molecule has 0 atom stereocenters. The van der Waals surface area contributed by atoms with Crippen molar-refractivity contribution in [3.63, 3.8) is 0 Å². The van der Waals surface area contributed by atoms with E-state index in [2.05, 4.69) is 28.5 Å². The van der Waals surface area contributed by atoms with E-state index in [0.717, 1.165) is 44.2 Å². The van der Waals surface area contributed by atoms with Crippen LogP contribution in [0, 0.1) is 5.41 Å². The molecule has 0 radical (unpaired) electrons. The van der Waals surface area contributed by atoms with Crippen LogP contribution in [0.1, 0.15) is 48.3 Å². The average Bonchev–Trinajstić information content (AvgIpc) is 3.33. The van der Waals surface area contributed by atoms with Crippen LogP contribution in [0.5, 0.6) is 5.75 Å². The fraction of sp³-hybridized carbons (Fsp3) is 0.290. The number of hydrogen-bond donors (Lipinski definition) is 4. The molecule has 0 aliphatic heterocycles. The van der Waals surface area contributed by atoms with E-state index in [1.165, 1.54) is 0 Å². The molecule has 1 heterocycles. The van der Waals surface area contributed by atoms with Crippen LogP contribution in [0.15, 0.2) is 66.4 Å². The minimum atomic E-state index is -0.410. The maximum absolute atomic E-state index is 13.0. The summed E-state index contributed by atoms with van der Waals surface area (Å²) in [7, 11) is 1.81. The summed E-state index contributed by atoms with van der Waals surface area (Å²) in [6.45, 7) is 4.15. The van der Waals surface area contributed by atoms with Crippen molar-refractivity contribution < 1.29 is 19.4 Å². The van der Waals surface area contributed by atoms with Crippen LogP contribution >= 0.6 is 0 Å². The molecular formula is C31H35N3O4. The second-order valence-corrected chi connectivity index (χ2v) is 8.95. The number of benzene rings is 3. The quantitative estimate of drug-likeness (QED) is 0.108. The molecule has 0 amide bonds. The lowest BCUT2D eigenvalue weighted by Gasteiger charge is -2.15. The highest BCUT2D eigenvalue weighted by Crippen LogP contribution is 2.33. The number of carbonyl (C=O) groups is 1. The van der Waals surface area contributed by atoms with Gasteiger partial charge in [0.2, 0.25) is 0 Å². The number of hydrogen-bond acceptors (Lipinski definition) is 6. The number of allylic oxidation sites excluding steroid dienone is 1. The summed E-state index contributed by atoms with van der Waals surface area (Å²) < 4.78 is 11.5. The molecule has 0 unspecified atom stereocenters. The predicted molar refractivity (Wildman–Crippen MR) is 153 cm³/mol. The van der Waals surface area contributed by atoms with Gasteiger partial charge in [0.1, 0.15) is 11.4 Å². The number of aryl methyl sites for hydroxylation is 1. The van der Waals surface area contributed by atoms with Gasteiger partial charge in [-0.1, -0.05) is 61.5 Å². The lowest BCUT2D eigenvalue weighted by Crippen LogP contribution is -2.15. The topological polar surface area (TPSA) is 107 Å². The third kappa shape index (κ3) is 5.43. The molecule has 0 aliphatic carbocycles. The van der Waals surface area contributed by atoms with Gasteiger partial charge in [-0.15, -0.1) is 0 Å². The van der Waals surface area contributed by atoms with Crippen molar-refractivity contribution in [1.82, 2.24) is 10.3 Å². The molecule has 0 bridgehead atoms. The number of ether oxygens (including phenoxy) is 2. The first-order valence-corrected chi connectivity index (χ1v) is 13.0. The SMILES string of the molecule is CCOC(=O)c1[nH]c2c(/C(C(=N)CO)=C(\CC)NC)cccc2c1CCCOc1cccc2ccccc12. The molecule has 4 aromatic rings. The van der Waals surface area contributed by atoms with E-state index in [1.807, 2.05) is 56.4 Å². The van der Waals surface area contributed by atoms with Crippen molar-refractivity contribution in [2.75, 3.05) is 26.9 Å². The van der Waals surface area contributed by atoms with Crippen molar-refractivity contribution in [3.05, 3.63) is 83.2 Å². The van der Waals surface area contributed by atoms with E-state index in [0.29, 0.717) is 37.1 Å². The number of nitrogens with one attached hydrogen (secondary N) is 3. The van der Waals surface area contributed by atoms with Gasteiger partial charge < -0.3 is 30.3 Å². The van der Waals surface area contributed by atoms with E-state index >= 15 is 0 Å². The van der Waals surface area contributed by atoms with Gasteiger partial charge in [0, 0.05) is 34.7 Å². The van der Waals surface area contributed by atoms with Gasteiger partial charge in [0.05, 0.1) is 31.0 Å². The standard InChI is InChI=1S/C31H35N3O4/c1-4-26(33-3)28(25(32)19-35)24-15-9-14-22-23(30(34-29(22)24)31(36)37-5-2)16-10-18-38-27-17-8-12-20-11-6-7-13-21(20)27/h6-9,11-15,17,32-35H,4-5,10,16,18-19H2,1-3H3/b28-26-,32-25?. The Morgan fingerprint density at radius 2 is 1.76 bits per heavy atom. The molecular weight excluding hydrogens is 478 g/mol. The lowest BCUT2D eigenvalue weighted by molar-refractivity contribution is 0.0519. The molecule has 4 rings (SSSR count). The van der Waals surface area contributed by atoms with Gasteiger partial charge in [0.15, 0.2) is 0 Å². The highest BCUT2D eigenvalue weighted by Gasteiger charge is 2.23. The number of para-hydroxylation sites is 1. The summed E-state index contributed by atoms with van der Waals surface area (Å²) in [4.78, 5) is 16.3. The predicted octanol–water partition coefficient (Wildman–Crippen LogP) is 5.86. The molecule has 0 saturated carbocycles. The zero-order chi connectivity index (χ0) is 27.1. The number of H-pyrrole nitrogens is 1. The van der Waals surface area contributed by atoms with Crippen LogP contribution in [-0.4, -0.2) is 48.6 Å². The van der Waals surface area contributed by atoms with Crippen molar-refractivity contribution in [3.8, 4) is 5.75 Å². The number of aromatic amines is 1. The largest absolute Gasteiger partial charge is 0.493 e. The van der Waals surface area contributed by atoms with Crippen LogP contribution in [0.3, 0.4) is 0 Å². The summed E-state index contributed by atoms with van der Waals surface area (Å²) in [6.07, 6.45) is 1.96. The summed E-state index contributed by atoms with van der Waals surface area (Å²) in [5.74, 6) is 0.429. The monoisotopic (exact) mass is 513 g/mol. The Morgan fingerprint density at radius 3 is 2.50 bits per heavy atom. The van der Waals surface area contributed by atoms with E-state index < -0.39 is 5.97 Å². The normalized spacial score (nSPS) is 11.9. The fourth-order valence-corrected chi connectivity index (χ4v) is 4.94. The number of aliphatic hydroxyl groups is 1. The van der Waals surface area contributed by atoms with Gasteiger partial charge in [-0.2, -0.15) is 0 Å². The Labute approximate surface area is 223 Å². The Balaban J connectivity index is 1.69. The fourth-order valence-electron chi connectivity index (χ4n) is 4.94. The molecule has 0 fully saturated rings. The Morgan fingerprint density at radius 1 is 1.03 bits per heavy atom. The maximum Gasteiger partial charge on any atom is 0.355 e. The van der Waals surface area contributed by atoms with Crippen molar-refractivity contribution in [2.24, 2.45) is 0 Å². The van der Waals surface area contributed by atoms with Crippen molar-refractivity contribution in [1.29, 1.82) is 5.41 Å². The summed E-state index contributed by atoms with van der Waals surface area (Å²) in [6, 6.07) is 20.0. The second kappa shape index (κ2) is 12.4. The van der Waals surface area contributed by atoms with Crippen LogP contribution < -0.4 is 10.1 Å². The summed E-state index contributed by atoms with van der Waals surface area (Å²) >= 11 is 0. The third-order valence-electron chi connectivity index (χ3n) is 6.69. The minimum absolute atomic E-state index is 0.112. The number of esters is 1. The molecule has 3 aromatic carbocycles. The van der Waals surface area contributed by atoms with Crippen LogP contribution in [-0.2, 0) is 11.2 Å². The van der Waals surface area contributed by atoms with E-state index in [9.17, 15) is 9.90 Å². The number of aromatic nitrogens is 1. The molecule has 198 valence electrons. The third-order valence-corrected chi connectivity index (χ3v) is 6.69. The molecule has 7 heteroatoms. The Hall–Kier alpha value is -4.10. The zero-order valence-electron chi connectivity index (χ0n) is 22.2. The van der Waals surface area contributed by atoms with Crippen molar-refractivity contribution in [2.45, 2.75) is 33.1 Å². The second-order valence-electron chi connectivity index (χ2n) is 8.95. The molecule has 4 N–H and O–H groups in total.